The molecule has 0 spiro atoms. The Bertz CT molecular complexity index is 512. The molecule has 0 amide bonds. The van der Waals surface area contributed by atoms with Crippen LogP contribution in [0.1, 0.15) is 35.0 Å². The molecule has 2 aliphatic rings. The highest BCUT2D eigenvalue weighted by atomic mass is 16.1. The normalized spacial score (nSPS) is 27.8. The van der Waals surface area contributed by atoms with E-state index in [2.05, 4.69) is 30.8 Å². The number of nitrogens with one attached hydrogen (secondary N) is 1. The summed E-state index contributed by atoms with van der Waals surface area (Å²) in [5, 5.41) is 0. The average molecular weight is 216 g/mol. The van der Waals surface area contributed by atoms with Gasteiger partial charge in [-0.2, -0.15) is 0 Å². The zero-order chi connectivity index (χ0) is 11.5. The van der Waals surface area contributed by atoms with Crippen LogP contribution in [0.15, 0.2) is 18.0 Å². The van der Waals surface area contributed by atoms with Crippen LogP contribution in [0.3, 0.4) is 0 Å². The molecule has 84 valence electrons. The van der Waals surface area contributed by atoms with Gasteiger partial charge in [0.1, 0.15) is 0 Å². The number of ketones is 1. The molecule has 1 N–H and O–H groups in total. The minimum Gasteiger partial charge on any atom is -0.377 e. The van der Waals surface area contributed by atoms with Gasteiger partial charge in [-0.15, -0.1) is 0 Å². The van der Waals surface area contributed by atoms with Crippen molar-refractivity contribution in [2.45, 2.75) is 25.7 Å². The maximum Gasteiger partial charge on any atom is 0.204 e. The van der Waals surface area contributed by atoms with E-state index in [9.17, 15) is 4.79 Å². The molecule has 1 saturated heterocycles. The van der Waals surface area contributed by atoms with Gasteiger partial charge in [0.15, 0.2) is 0 Å². The van der Waals surface area contributed by atoms with Crippen LogP contribution >= 0.6 is 0 Å². The van der Waals surface area contributed by atoms with E-state index in [1.54, 1.807) is 6.08 Å². The molecule has 0 aromatic carbocycles. The Morgan fingerprint density at radius 1 is 1.50 bits per heavy atom. The van der Waals surface area contributed by atoms with Crippen molar-refractivity contribution >= 4 is 5.78 Å². The largest absolute Gasteiger partial charge is 0.377 e. The molecule has 0 radical (unpaired) electrons. The summed E-state index contributed by atoms with van der Waals surface area (Å²) in [6, 6.07) is 0. The monoisotopic (exact) mass is 216 g/mol. The molecule has 1 aliphatic heterocycles. The van der Waals surface area contributed by atoms with Crippen molar-refractivity contribution in [3.05, 3.63) is 34.8 Å². The number of aromatic amines is 1. The fraction of sp³-hybridized carbons (Fsp3) is 0.462. The first kappa shape index (κ1) is 9.70. The van der Waals surface area contributed by atoms with Crippen LogP contribution in [0.2, 0.25) is 0 Å². The second-order valence-electron chi connectivity index (χ2n) is 5.12. The molecule has 3 nitrogen and oxygen atoms in total. The van der Waals surface area contributed by atoms with E-state index < -0.39 is 0 Å². The quantitative estimate of drug-likeness (QED) is 0.720. The van der Waals surface area contributed by atoms with Gasteiger partial charge in [0.05, 0.1) is 5.69 Å². The molecular formula is C13H16N2O. The summed E-state index contributed by atoms with van der Waals surface area (Å²) in [7, 11) is 2.07. The molecule has 0 bridgehead atoms. The molecule has 1 fully saturated rings. The predicted molar refractivity (Wildman–Crippen MR) is 62.5 cm³/mol. The van der Waals surface area contributed by atoms with Crippen LogP contribution in [0.5, 0.6) is 0 Å². The number of aromatic nitrogens is 1. The highest BCUT2D eigenvalue weighted by molar-refractivity contribution is 6.07. The standard InChI is InChI=1S/C13H16N2O/c1-8-7-14-12-9(16)6-10-13(2,11(8)12)4-5-15(10)3/h6-7,14H,4-5H2,1-3H3. The van der Waals surface area contributed by atoms with Gasteiger partial charge in [0.2, 0.25) is 5.78 Å². The van der Waals surface area contributed by atoms with Gasteiger partial charge in [-0.25, -0.2) is 0 Å². The Kier molecular flexibility index (Phi) is 1.69. The number of fused-ring (bicyclic) bond motifs is 3. The zero-order valence-electron chi connectivity index (χ0n) is 9.92. The lowest BCUT2D eigenvalue weighted by Crippen LogP contribution is -2.30. The van der Waals surface area contributed by atoms with Gasteiger partial charge in [-0.05, 0) is 31.4 Å². The maximum absolute atomic E-state index is 12.0. The van der Waals surface area contributed by atoms with Crippen LogP contribution in [0.4, 0.5) is 0 Å². The number of likely N-dealkylation sites (tertiary alicyclic amines) is 1. The van der Waals surface area contributed by atoms with Crippen molar-refractivity contribution in [3.63, 3.8) is 0 Å². The summed E-state index contributed by atoms with van der Waals surface area (Å²) in [5.74, 6) is 0.115. The summed E-state index contributed by atoms with van der Waals surface area (Å²) in [6.45, 7) is 5.35. The molecule has 3 rings (SSSR count). The molecule has 3 heteroatoms. The highest BCUT2D eigenvalue weighted by Crippen LogP contribution is 2.47. The Labute approximate surface area is 95.1 Å². The van der Waals surface area contributed by atoms with Crippen LogP contribution in [-0.2, 0) is 5.41 Å². The average Bonchev–Trinajstić information content (AvgIpc) is 2.75. The number of H-pyrrole nitrogens is 1. The molecular weight excluding hydrogens is 200 g/mol. The van der Waals surface area contributed by atoms with Gasteiger partial charge in [-0.3, -0.25) is 4.79 Å². The summed E-state index contributed by atoms with van der Waals surface area (Å²) in [4.78, 5) is 17.3. The second-order valence-corrected chi connectivity index (χ2v) is 5.12. The minimum atomic E-state index is 0.0298. The van der Waals surface area contributed by atoms with E-state index in [1.165, 1.54) is 16.8 Å². The van der Waals surface area contributed by atoms with Crippen molar-refractivity contribution in [1.82, 2.24) is 9.88 Å². The van der Waals surface area contributed by atoms with Crippen molar-refractivity contribution in [3.8, 4) is 0 Å². The van der Waals surface area contributed by atoms with Crippen LogP contribution in [0.25, 0.3) is 0 Å². The van der Waals surface area contributed by atoms with Crippen LogP contribution in [0, 0.1) is 6.92 Å². The first-order chi connectivity index (χ1) is 7.54. The molecule has 2 heterocycles. The number of nitrogens with zero attached hydrogens (tertiary/aromatic N) is 1. The Morgan fingerprint density at radius 3 is 3.00 bits per heavy atom. The first-order valence-corrected chi connectivity index (χ1v) is 5.70. The fourth-order valence-corrected chi connectivity index (χ4v) is 3.21. The Morgan fingerprint density at radius 2 is 2.25 bits per heavy atom. The molecule has 1 aliphatic carbocycles. The lowest BCUT2D eigenvalue weighted by atomic mass is 9.73. The number of hydrogen-bond donors (Lipinski definition) is 1. The smallest absolute Gasteiger partial charge is 0.204 e. The maximum atomic E-state index is 12.0. The summed E-state index contributed by atoms with van der Waals surface area (Å²) in [5.41, 5.74) is 4.40. The molecule has 1 atom stereocenters. The van der Waals surface area contributed by atoms with Gasteiger partial charge in [0, 0.05) is 37.0 Å². The van der Waals surface area contributed by atoms with E-state index in [1.807, 2.05) is 6.20 Å². The van der Waals surface area contributed by atoms with Crippen LogP contribution in [-0.4, -0.2) is 29.3 Å². The van der Waals surface area contributed by atoms with Gasteiger partial charge < -0.3 is 9.88 Å². The summed E-state index contributed by atoms with van der Waals surface area (Å²) >= 11 is 0. The third kappa shape index (κ3) is 0.958. The SMILES string of the molecule is Cc1c[nH]c2c1C1(C)CCN(C)C1=CC2=O. The second kappa shape index (κ2) is 2.78. The van der Waals surface area contributed by atoms with E-state index in [4.69, 9.17) is 0 Å². The lowest BCUT2D eigenvalue weighted by Gasteiger charge is -2.31. The number of likely N-dealkylation sites (N-methyl/N-ethyl adjacent to an activating group) is 1. The van der Waals surface area contributed by atoms with Crippen molar-refractivity contribution in [1.29, 1.82) is 0 Å². The molecule has 16 heavy (non-hydrogen) atoms. The third-order valence-electron chi connectivity index (χ3n) is 4.07. The number of allylic oxidation sites excluding steroid dienone is 2. The first-order valence-electron chi connectivity index (χ1n) is 5.70. The fourth-order valence-electron chi connectivity index (χ4n) is 3.21. The minimum absolute atomic E-state index is 0.0298. The number of rotatable bonds is 0. The van der Waals surface area contributed by atoms with Crippen molar-refractivity contribution in [2.75, 3.05) is 13.6 Å². The van der Waals surface area contributed by atoms with Gasteiger partial charge in [-0.1, -0.05) is 0 Å². The number of carbonyl (C=O) groups is 1. The third-order valence-corrected chi connectivity index (χ3v) is 4.07. The Hall–Kier alpha value is -1.51. The van der Waals surface area contributed by atoms with Gasteiger partial charge in [0.25, 0.3) is 0 Å². The van der Waals surface area contributed by atoms with E-state index >= 15 is 0 Å². The topological polar surface area (TPSA) is 36.1 Å². The Balaban J connectivity index is 2.29. The van der Waals surface area contributed by atoms with E-state index in [-0.39, 0.29) is 11.2 Å². The molecule has 1 aromatic heterocycles. The lowest BCUT2D eigenvalue weighted by molar-refractivity contribution is 0.103. The number of hydrogen-bond acceptors (Lipinski definition) is 2. The van der Waals surface area contributed by atoms with Crippen molar-refractivity contribution < 1.29 is 4.79 Å². The molecule has 0 saturated carbocycles. The summed E-state index contributed by atoms with van der Waals surface area (Å²) in [6.07, 6.45) is 4.84. The highest BCUT2D eigenvalue weighted by Gasteiger charge is 2.45. The number of carbonyl (C=O) groups excluding carboxylic acids is 1. The zero-order valence-corrected chi connectivity index (χ0v) is 9.92. The van der Waals surface area contributed by atoms with Crippen LogP contribution < -0.4 is 0 Å². The predicted octanol–water partition coefficient (Wildman–Crippen LogP) is 2.00. The molecule has 1 aromatic rings. The van der Waals surface area contributed by atoms with Crippen molar-refractivity contribution in [2.24, 2.45) is 0 Å². The summed E-state index contributed by atoms with van der Waals surface area (Å²) < 4.78 is 0. The van der Waals surface area contributed by atoms with Gasteiger partial charge >= 0.3 is 0 Å². The number of aryl methyl sites for hydroxylation is 1. The molecule has 1 unspecified atom stereocenters. The van der Waals surface area contributed by atoms with E-state index in [0.29, 0.717) is 0 Å². The van der Waals surface area contributed by atoms with E-state index in [0.717, 1.165) is 18.7 Å².